The van der Waals surface area contributed by atoms with Crippen molar-refractivity contribution in [3.8, 4) is 11.3 Å². The van der Waals surface area contributed by atoms with Crippen LogP contribution >= 0.6 is 11.6 Å². The smallest absolute Gasteiger partial charge is 0.246 e. The lowest BCUT2D eigenvalue weighted by molar-refractivity contribution is -0.130. The fourth-order valence-electron chi connectivity index (χ4n) is 4.76. The predicted octanol–water partition coefficient (Wildman–Crippen LogP) is 5.73. The fraction of sp³-hybridized carbons (Fsp3) is 0.393. The van der Waals surface area contributed by atoms with E-state index in [0.29, 0.717) is 53.4 Å². The number of benzene rings is 1. The predicted molar refractivity (Wildman–Crippen MR) is 145 cm³/mol. The van der Waals surface area contributed by atoms with E-state index in [0.717, 1.165) is 5.56 Å². The zero-order chi connectivity index (χ0) is 26.4. The molecule has 0 N–H and O–H groups in total. The van der Waals surface area contributed by atoms with E-state index in [2.05, 4.69) is 45.8 Å². The van der Waals surface area contributed by atoms with E-state index in [-0.39, 0.29) is 29.2 Å². The van der Waals surface area contributed by atoms with Gasteiger partial charge in [-0.15, -0.1) is 0 Å². The van der Waals surface area contributed by atoms with Crippen LogP contribution < -0.4 is 4.90 Å². The number of pyridine rings is 1. The number of hydrogen-bond donors (Lipinski definition) is 0. The first kappa shape index (κ1) is 25.9. The van der Waals surface area contributed by atoms with Gasteiger partial charge in [-0.25, -0.2) is 14.4 Å². The summed E-state index contributed by atoms with van der Waals surface area (Å²) in [6.45, 7) is 20.1. The summed E-state index contributed by atoms with van der Waals surface area (Å²) in [7, 11) is 0. The van der Waals surface area contributed by atoms with Crippen molar-refractivity contribution < 1.29 is 9.18 Å². The summed E-state index contributed by atoms with van der Waals surface area (Å²) >= 11 is 6.73. The maximum atomic E-state index is 14.7. The Labute approximate surface area is 217 Å². The molecule has 0 spiro atoms. The van der Waals surface area contributed by atoms with Gasteiger partial charge in [-0.1, -0.05) is 57.7 Å². The average Bonchev–Trinajstić information content (AvgIpc) is 2.81. The Kier molecular flexibility index (Phi) is 6.97. The Hall–Kier alpha value is -3.19. The first-order valence-corrected chi connectivity index (χ1v) is 12.5. The van der Waals surface area contributed by atoms with Gasteiger partial charge in [-0.05, 0) is 43.5 Å². The average molecular weight is 510 g/mol. The highest BCUT2D eigenvalue weighted by Gasteiger charge is 2.37. The lowest BCUT2D eigenvalue weighted by atomic mass is 9.95. The van der Waals surface area contributed by atoms with Gasteiger partial charge in [-0.2, -0.15) is 0 Å². The van der Waals surface area contributed by atoms with E-state index < -0.39 is 0 Å². The molecule has 2 aliphatic rings. The van der Waals surface area contributed by atoms with Gasteiger partial charge in [0, 0.05) is 37.3 Å². The van der Waals surface area contributed by atoms with Gasteiger partial charge < -0.3 is 14.7 Å². The normalized spacial score (nSPS) is 20.2. The van der Waals surface area contributed by atoms with E-state index >= 15 is 0 Å². The molecule has 0 unspecified atom stereocenters. The van der Waals surface area contributed by atoms with Crippen LogP contribution in [0.3, 0.4) is 0 Å². The molecule has 190 valence electrons. The molecule has 1 aromatic heterocycles. The third-order valence-electron chi connectivity index (χ3n) is 6.48. The summed E-state index contributed by atoms with van der Waals surface area (Å²) < 4.78 is 14.7. The number of amidine groups is 1. The Balaban J connectivity index is 1.83. The molecule has 2 aliphatic heterocycles. The minimum absolute atomic E-state index is 0.0105. The number of aromatic nitrogens is 1. The summed E-state index contributed by atoms with van der Waals surface area (Å²) in [6, 6.07) is 8.26. The SMILES string of the molecule is C=CC(=O)N1C[C@H](C)N(C2=NC(=C)N(CC(C)(C)C)c3nc(-c4ccccc4F)c(Cl)cc32)C[C@H]1C. The number of rotatable bonds is 3. The number of nitrogens with zero attached hydrogens (tertiary/aromatic N) is 5. The molecule has 0 radical (unpaired) electrons. The minimum Gasteiger partial charge on any atom is -0.349 e. The van der Waals surface area contributed by atoms with Gasteiger partial charge in [0.1, 0.15) is 23.3 Å². The molecule has 3 heterocycles. The van der Waals surface area contributed by atoms with Crippen LogP contribution in [0, 0.1) is 11.2 Å². The third-order valence-corrected chi connectivity index (χ3v) is 6.76. The lowest BCUT2D eigenvalue weighted by Crippen LogP contribution is -2.60. The van der Waals surface area contributed by atoms with E-state index in [9.17, 15) is 9.18 Å². The minimum atomic E-state index is -0.386. The van der Waals surface area contributed by atoms with Gasteiger partial charge in [0.2, 0.25) is 5.91 Å². The first-order valence-electron chi connectivity index (χ1n) is 12.1. The number of anilines is 1. The van der Waals surface area contributed by atoms with Crippen LogP contribution in [-0.4, -0.2) is 58.2 Å². The van der Waals surface area contributed by atoms with Crippen molar-refractivity contribution in [3.63, 3.8) is 0 Å². The number of fused-ring (bicyclic) bond motifs is 1. The van der Waals surface area contributed by atoms with Crippen LogP contribution in [0.25, 0.3) is 11.3 Å². The van der Waals surface area contributed by atoms with Crippen LogP contribution in [-0.2, 0) is 4.79 Å². The molecular formula is C28H33ClFN5O. The number of carbonyl (C=O) groups excluding carboxylic acids is 1. The maximum absolute atomic E-state index is 14.7. The van der Waals surface area contributed by atoms with Crippen LogP contribution in [0.5, 0.6) is 0 Å². The van der Waals surface area contributed by atoms with E-state index in [1.54, 1.807) is 18.2 Å². The number of piperazine rings is 1. The van der Waals surface area contributed by atoms with Crippen LogP contribution in [0.1, 0.15) is 40.2 Å². The van der Waals surface area contributed by atoms with E-state index in [4.69, 9.17) is 21.6 Å². The molecule has 2 aromatic rings. The number of amides is 1. The topological polar surface area (TPSA) is 52.0 Å². The number of halogens is 2. The molecule has 1 amide bonds. The highest BCUT2D eigenvalue weighted by molar-refractivity contribution is 6.33. The molecule has 1 aromatic carbocycles. The largest absolute Gasteiger partial charge is 0.349 e. The van der Waals surface area contributed by atoms with Crippen LogP contribution in [0.2, 0.25) is 5.02 Å². The summed E-state index contributed by atoms with van der Waals surface area (Å²) in [5, 5.41) is 0.343. The number of hydrogen-bond acceptors (Lipinski definition) is 5. The molecule has 0 saturated carbocycles. The summed E-state index contributed by atoms with van der Waals surface area (Å²) in [6.07, 6.45) is 1.35. The van der Waals surface area contributed by atoms with Crippen LogP contribution in [0.15, 0.2) is 60.4 Å². The Bertz CT molecular complexity index is 1250. The van der Waals surface area contributed by atoms with Crippen molar-refractivity contribution in [2.24, 2.45) is 10.4 Å². The van der Waals surface area contributed by atoms with Gasteiger partial charge >= 0.3 is 0 Å². The maximum Gasteiger partial charge on any atom is 0.246 e. The summed E-state index contributed by atoms with van der Waals surface area (Å²) in [5.41, 5.74) is 1.41. The second kappa shape index (κ2) is 9.69. The van der Waals surface area contributed by atoms with E-state index in [1.807, 2.05) is 22.8 Å². The van der Waals surface area contributed by atoms with Crippen molar-refractivity contribution in [1.29, 1.82) is 0 Å². The standard InChI is InChI=1S/C28H33ClFN5O/c1-8-24(36)33-14-18(3)34(15-17(33)2)26-21-13-22(29)25(20-11-9-10-12-23(20)30)32-27(21)35(19(4)31-26)16-28(5,6)7/h8-13,17-18H,1,4,14-16H2,2-3,5-7H3/t17-,18+/m1/s1. The Morgan fingerprint density at radius 1 is 1.19 bits per heavy atom. The molecule has 4 rings (SSSR count). The number of carbonyl (C=O) groups is 1. The molecule has 2 atom stereocenters. The van der Waals surface area contributed by atoms with Crippen molar-refractivity contribution in [3.05, 3.63) is 71.8 Å². The second-order valence-corrected chi connectivity index (χ2v) is 11.1. The fourth-order valence-corrected chi connectivity index (χ4v) is 5.02. The van der Waals surface area contributed by atoms with Crippen molar-refractivity contribution in [1.82, 2.24) is 14.8 Å². The molecule has 1 fully saturated rings. The molecule has 6 nitrogen and oxygen atoms in total. The zero-order valence-corrected chi connectivity index (χ0v) is 22.3. The molecule has 8 heteroatoms. The quantitative estimate of drug-likeness (QED) is 0.496. The molecule has 0 aliphatic carbocycles. The molecular weight excluding hydrogens is 477 g/mol. The lowest BCUT2D eigenvalue weighted by Gasteiger charge is -2.46. The van der Waals surface area contributed by atoms with Gasteiger partial charge in [0.05, 0.1) is 16.3 Å². The van der Waals surface area contributed by atoms with Crippen LogP contribution in [0.4, 0.5) is 10.2 Å². The van der Waals surface area contributed by atoms with Crippen molar-refractivity contribution >= 4 is 29.2 Å². The molecule has 1 saturated heterocycles. The summed E-state index contributed by atoms with van der Waals surface area (Å²) in [5.74, 6) is 1.45. The van der Waals surface area contributed by atoms with Crippen molar-refractivity contribution in [2.75, 3.05) is 24.5 Å². The first-order chi connectivity index (χ1) is 16.9. The number of aliphatic imine (C=N–C) groups is 1. The van der Waals surface area contributed by atoms with E-state index in [1.165, 1.54) is 12.1 Å². The van der Waals surface area contributed by atoms with Gasteiger partial charge in [-0.3, -0.25) is 4.79 Å². The highest BCUT2D eigenvalue weighted by Crippen LogP contribution is 2.39. The second-order valence-electron chi connectivity index (χ2n) is 10.7. The molecule has 0 bridgehead atoms. The van der Waals surface area contributed by atoms with Gasteiger partial charge in [0.15, 0.2) is 0 Å². The molecule has 36 heavy (non-hydrogen) atoms. The monoisotopic (exact) mass is 509 g/mol. The zero-order valence-electron chi connectivity index (χ0n) is 21.6. The Morgan fingerprint density at radius 3 is 2.53 bits per heavy atom. The highest BCUT2D eigenvalue weighted by atomic mass is 35.5. The summed E-state index contributed by atoms with van der Waals surface area (Å²) in [4.78, 5) is 28.2. The third kappa shape index (κ3) is 4.89. The van der Waals surface area contributed by atoms with Gasteiger partial charge in [0.25, 0.3) is 0 Å². The Morgan fingerprint density at radius 2 is 1.89 bits per heavy atom. The van der Waals surface area contributed by atoms with Crippen molar-refractivity contribution in [2.45, 2.75) is 46.7 Å².